The third kappa shape index (κ3) is 3.44. The van der Waals surface area contributed by atoms with Gasteiger partial charge in [0.2, 0.25) is 0 Å². The summed E-state index contributed by atoms with van der Waals surface area (Å²) < 4.78 is 10.9. The van der Waals surface area contributed by atoms with Gasteiger partial charge in [-0.15, -0.1) is 0 Å². The van der Waals surface area contributed by atoms with Gasteiger partial charge in [-0.1, -0.05) is 0 Å². The van der Waals surface area contributed by atoms with Gasteiger partial charge in [0, 0.05) is 26.8 Å². The number of methoxy groups -OCH3 is 1. The Morgan fingerprint density at radius 3 is 2.75 bits per heavy atom. The van der Waals surface area contributed by atoms with E-state index in [1.54, 1.807) is 7.11 Å². The number of nitrogens with one attached hydrogen (secondary N) is 1. The largest absolute Gasteiger partial charge is 0.385 e. The lowest BCUT2D eigenvalue weighted by Gasteiger charge is -2.17. The van der Waals surface area contributed by atoms with Gasteiger partial charge < -0.3 is 14.8 Å². The molecule has 1 aliphatic carbocycles. The molecule has 1 N–H and O–H groups in total. The van der Waals surface area contributed by atoms with E-state index in [9.17, 15) is 0 Å². The lowest BCUT2D eigenvalue weighted by atomic mass is 10.0. The Balaban J connectivity index is 1.57. The molecule has 3 heteroatoms. The highest BCUT2D eigenvalue weighted by atomic mass is 16.5. The first-order valence-corrected chi connectivity index (χ1v) is 6.59. The zero-order valence-corrected chi connectivity index (χ0v) is 10.6. The maximum absolute atomic E-state index is 5.79. The first kappa shape index (κ1) is 12.3. The van der Waals surface area contributed by atoms with Crippen LogP contribution in [0.15, 0.2) is 0 Å². The van der Waals surface area contributed by atoms with Crippen LogP contribution in [0.25, 0.3) is 0 Å². The molecule has 0 bridgehead atoms. The van der Waals surface area contributed by atoms with Crippen LogP contribution in [0.1, 0.15) is 39.0 Å². The van der Waals surface area contributed by atoms with Gasteiger partial charge in [-0.05, 0) is 44.4 Å². The van der Waals surface area contributed by atoms with Gasteiger partial charge in [0.15, 0.2) is 0 Å². The molecule has 0 amide bonds. The summed E-state index contributed by atoms with van der Waals surface area (Å²) in [6.07, 6.45) is 7.30. The van der Waals surface area contributed by atoms with Crippen molar-refractivity contribution < 1.29 is 9.47 Å². The summed E-state index contributed by atoms with van der Waals surface area (Å²) in [4.78, 5) is 0. The second-order valence-corrected chi connectivity index (χ2v) is 5.52. The Bertz CT molecular complexity index is 216. The molecule has 16 heavy (non-hydrogen) atoms. The number of hydrogen-bond acceptors (Lipinski definition) is 3. The minimum absolute atomic E-state index is 0.452. The molecular weight excluding hydrogens is 202 g/mol. The van der Waals surface area contributed by atoms with Crippen LogP contribution >= 0.6 is 0 Å². The standard InChI is InChI=1S/C13H25NO2/c1-11-3-4-12(16-11)9-14-10-13(5-6-13)7-8-15-2/h11-12,14H,3-10H2,1-2H3. The summed E-state index contributed by atoms with van der Waals surface area (Å²) in [7, 11) is 1.79. The normalized spacial score (nSPS) is 31.9. The average molecular weight is 227 g/mol. The van der Waals surface area contributed by atoms with Crippen LogP contribution in [-0.2, 0) is 9.47 Å². The molecule has 2 unspecified atom stereocenters. The van der Waals surface area contributed by atoms with Crippen LogP contribution < -0.4 is 5.32 Å². The zero-order valence-electron chi connectivity index (χ0n) is 10.6. The van der Waals surface area contributed by atoms with E-state index < -0.39 is 0 Å². The Hall–Kier alpha value is -0.120. The fourth-order valence-electron chi connectivity index (χ4n) is 2.54. The van der Waals surface area contributed by atoms with Crippen molar-refractivity contribution >= 4 is 0 Å². The summed E-state index contributed by atoms with van der Waals surface area (Å²) in [5, 5.41) is 3.58. The Kier molecular flexibility index (Phi) is 4.22. The SMILES string of the molecule is COCCC1(CNCC2CCC(C)O2)CC1. The van der Waals surface area contributed by atoms with E-state index in [0.717, 1.165) is 19.7 Å². The van der Waals surface area contributed by atoms with Crippen LogP contribution in [0, 0.1) is 5.41 Å². The minimum Gasteiger partial charge on any atom is -0.385 e. The minimum atomic E-state index is 0.452. The summed E-state index contributed by atoms with van der Waals surface area (Å²) in [6.45, 7) is 5.24. The van der Waals surface area contributed by atoms with Crippen molar-refractivity contribution in [3.05, 3.63) is 0 Å². The van der Waals surface area contributed by atoms with E-state index in [4.69, 9.17) is 9.47 Å². The van der Waals surface area contributed by atoms with Gasteiger partial charge in [0.25, 0.3) is 0 Å². The average Bonchev–Trinajstić information content (AvgIpc) is 2.92. The van der Waals surface area contributed by atoms with Crippen molar-refractivity contribution in [3.63, 3.8) is 0 Å². The summed E-state index contributed by atoms with van der Waals surface area (Å²) in [5.74, 6) is 0. The van der Waals surface area contributed by atoms with E-state index in [0.29, 0.717) is 17.6 Å². The smallest absolute Gasteiger partial charge is 0.0704 e. The highest BCUT2D eigenvalue weighted by Crippen LogP contribution is 2.48. The Labute approximate surface area is 98.9 Å². The summed E-state index contributed by atoms with van der Waals surface area (Å²) in [6, 6.07) is 0. The first-order chi connectivity index (χ1) is 7.74. The topological polar surface area (TPSA) is 30.5 Å². The van der Waals surface area contributed by atoms with Crippen LogP contribution in [0.2, 0.25) is 0 Å². The summed E-state index contributed by atoms with van der Waals surface area (Å²) in [5.41, 5.74) is 0.556. The fourth-order valence-corrected chi connectivity index (χ4v) is 2.54. The van der Waals surface area contributed by atoms with Crippen molar-refractivity contribution in [2.45, 2.75) is 51.2 Å². The molecule has 0 aromatic carbocycles. The third-order valence-electron chi connectivity index (χ3n) is 3.99. The van der Waals surface area contributed by atoms with E-state index in [-0.39, 0.29) is 0 Å². The molecule has 2 fully saturated rings. The fraction of sp³-hybridized carbons (Fsp3) is 1.00. The molecule has 0 radical (unpaired) electrons. The molecule has 1 saturated carbocycles. The van der Waals surface area contributed by atoms with Gasteiger partial charge in [-0.25, -0.2) is 0 Å². The van der Waals surface area contributed by atoms with Gasteiger partial charge >= 0.3 is 0 Å². The van der Waals surface area contributed by atoms with Crippen LogP contribution in [0.5, 0.6) is 0 Å². The van der Waals surface area contributed by atoms with E-state index in [1.807, 2.05) is 0 Å². The highest BCUT2D eigenvalue weighted by Gasteiger charge is 2.41. The first-order valence-electron chi connectivity index (χ1n) is 6.59. The maximum Gasteiger partial charge on any atom is 0.0704 e. The van der Waals surface area contributed by atoms with Crippen LogP contribution in [0.3, 0.4) is 0 Å². The molecule has 2 atom stereocenters. The van der Waals surface area contributed by atoms with Crippen molar-refractivity contribution in [2.75, 3.05) is 26.8 Å². The lowest BCUT2D eigenvalue weighted by Crippen LogP contribution is -2.32. The van der Waals surface area contributed by atoms with Crippen molar-refractivity contribution in [1.82, 2.24) is 5.32 Å². The summed E-state index contributed by atoms with van der Waals surface area (Å²) >= 11 is 0. The number of rotatable bonds is 7. The predicted molar refractivity (Wildman–Crippen MR) is 64.6 cm³/mol. The van der Waals surface area contributed by atoms with Crippen molar-refractivity contribution in [3.8, 4) is 0 Å². The van der Waals surface area contributed by atoms with Gasteiger partial charge in [-0.2, -0.15) is 0 Å². The molecule has 2 rings (SSSR count). The molecule has 0 aromatic rings. The highest BCUT2D eigenvalue weighted by molar-refractivity contribution is 4.94. The van der Waals surface area contributed by atoms with E-state index >= 15 is 0 Å². The molecule has 94 valence electrons. The van der Waals surface area contributed by atoms with Crippen LogP contribution in [0.4, 0.5) is 0 Å². The molecule has 0 aromatic heterocycles. The van der Waals surface area contributed by atoms with E-state index in [2.05, 4.69) is 12.2 Å². The number of ether oxygens (including phenoxy) is 2. The van der Waals surface area contributed by atoms with E-state index in [1.165, 1.54) is 32.1 Å². The Morgan fingerprint density at radius 1 is 1.38 bits per heavy atom. The molecule has 2 aliphatic rings. The second-order valence-electron chi connectivity index (χ2n) is 5.52. The van der Waals surface area contributed by atoms with Crippen LogP contribution in [-0.4, -0.2) is 39.0 Å². The molecular formula is C13H25NO2. The monoisotopic (exact) mass is 227 g/mol. The molecule has 3 nitrogen and oxygen atoms in total. The third-order valence-corrected chi connectivity index (χ3v) is 3.99. The predicted octanol–water partition coefficient (Wildman–Crippen LogP) is 1.96. The molecule has 1 heterocycles. The van der Waals surface area contributed by atoms with Gasteiger partial charge in [0.05, 0.1) is 12.2 Å². The van der Waals surface area contributed by atoms with Gasteiger partial charge in [-0.3, -0.25) is 0 Å². The van der Waals surface area contributed by atoms with Crippen molar-refractivity contribution in [1.29, 1.82) is 0 Å². The Morgan fingerprint density at radius 2 is 2.19 bits per heavy atom. The zero-order chi connectivity index (χ0) is 11.4. The lowest BCUT2D eigenvalue weighted by molar-refractivity contribution is 0.0550. The quantitative estimate of drug-likeness (QED) is 0.721. The number of hydrogen-bond donors (Lipinski definition) is 1. The van der Waals surface area contributed by atoms with Crippen molar-refractivity contribution in [2.24, 2.45) is 5.41 Å². The molecule has 1 aliphatic heterocycles. The van der Waals surface area contributed by atoms with Gasteiger partial charge in [0.1, 0.15) is 0 Å². The molecule has 0 spiro atoms. The maximum atomic E-state index is 5.79. The second kappa shape index (κ2) is 5.48. The molecule has 1 saturated heterocycles.